The van der Waals surface area contributed by atoms with Gasteiger partial charge in [0.2, 0.25) is 0 Å². The summed E-state index contributed by atoms with van der Waals surface area (Å²) in [5, 5.41) is 0.286. The van der Waals surface area contributed by atoms with Crippen LogP contribution >= 0.6 is 11.6 Å². The fourth-order valence-corrected chi connectivity index (χ4v) is 3.76. The molecular weight excluding hydrogens is 399 g/mol. The van der Waals surface area contributed by atoms with E-state index in [1.54, 1.807) is 12.1 Å². The third-order valence-electron chi connectivity index (χ3n) is 4.91. The number of amides is 2. The van der Waals surface area contributed by atoms with Crippen molar-refractivity contribution in [2.24, 2.45) is 0 Å². The van der Waals surface area contributed by atoms with Gasteiger partial charge in [0.05, 0.1) is 36.6 Å². The summed E-state index contributed by atoms with van der Waals surface area (Å²) in [6.45, 7) is 1.87. The summed E-state index contributed by atoms with van der Waals surface area (Å²) in [7, 11) is 1.48. The van der Waals surface area contributed by atoms with Crippen LogP contribution in [-0.2, 0) is 14.3 Å². The van der Waals surface area contributed by atoms with Crippen molar-refractivity contribution < 1.29 is 23.5 Å². The lowest BCUT2D eigenvalue weighted by molar-refractivity contribution is -0.121. The summed E-state index contributed by atoms with van der Waals surface area (Å²) in [4.78, 5) is 29.6. The molecule has 2 aromatic rings. The van der Waals surface area contributed by atoms with Gasteiger partial charge in [0.1, 0.15) is 17.3 Å². The van der Waals surface area contributed by atoms with Crippen LogP contribution in [0.15, 0.2) is 48.2 Å². The van der Waals surface area contributed by atoms with E-state index in [0.29, 0.717) is 43.3 Å². The Balaban J connectivity index is 1.81. The third-order valence-corrected chi connectivity index (χ3v) is 5.21. The van der Waals surface area contributed by atoms with Crippen LogP contribution in [0.2, 0.25) is 5.02 Å². The Morgan fingerprint density at radius 3 is 2.34 bits per heavy atom. The topological polar surface area (TPSA) is 59.1 Å². The number of anilines is 1. The highest BCUT2D eigenvalue weighted by atomic mass is 35.5. The minimum Gasteiger partial charge on any atom is -0.495 e. The Kier molecular flexibility index (Phi) is 5.25. The lowest BCUT2D eigenvalue weighted by Gasteiger charge is -2.29. The zero-order valence-electron chi connectivity index (χ0n) is 15.7. The smallest absolute Gasteiger partial charge is 0.282 e. The van der Waals surface area contributed by atoms with Gasteiger partial charge in [-0.2, -0.15) is 0 Å². The molecular formula is C21H18ClFN2O4. The van der Waals surface area contributed by atoms with Crippen molar-refractivity contribution >= 4 is 34.7 Å². The first-order chi connectivity index (χ1) is 14.0. The molecule has 1 fully saturated rings. The molecule has 2 heterocycles. The SMILES string of the molecule is COc1ccc(N2C(=O)C(c3ccc(F)cc3)=C(N3CCOCC3)C2=O)cc1Cl. The first kappa shape index (κ1) is 19.4. The van der Waals surface area contributed by atoms with Gasteiger partial charge in [-0.1, -0.05) is 23.7 Å². The lowest BCUT2D eigenvalue weighted by atomic mass is 10.0. The van der Waals surface area contributed by atoms with Crippen molar-refractivity contribution in [2.75, 3.05) is 38.3 Å². The minimum atomic E-state index is -0.482. The number of hydrogen-bond donors (Lipinski definition) is 0. The van der Waals surface area contributed by atoms with Gasteiger partial charge in [-0.05, 0) is 35.9 Å². The Labute approximate surface area is 172 Å². The molecule has 0 atom stereocenters. The van der Waals surface area contributed by atoms with Crippen molar-refractivity contribution in [1.29, 1.82) is 0 Å². The number of methoxy groups -OCH3 is 1. The minimum absolute atomic E-state index is 0.240. The number of hydrogen-bond acceptors (Lipinski definition) is 5. The number of morpholine rings is 1. The zero-order chi connectivity index (χ0) is 20.5. The monoisotopic (exact) mass is 416 g/mol. The maximum atomic E-state index is 13.4. The van der Waals surface area contributed by atoms with Gasteiger partial charge in [-0.25, -0.2) is 9.29 Å². The van der Waals surface area contributed by atoms with Crippen molar-refractivity contribution in [2.45, 2.75) is 0 Å². The Hall–Kier alpha value is -2.90. The van der Waals surface area contributed by atoms with E-state index in [4.69, 9.17) is 21.1 Å². The number of carbonyl (C=O) groups is 2. The third kappa shape index (κ3) is 3.47. The molecule has 2 aliphatic heterocycles. The quantitative estimate of drug-likeness (QED) is 0.717. The summed E-state index contributed by atoms with van der Waals surface area (Å²) < 4.78 is 23.9. The summed E-state index contributed by atoms with van der Waals surface area (Å²) >= 11 is 6.20. The van der Waals surface area contributed by atoms with E-state index in [0.717, 1.165) is 4.90 Å². The number of ether oxygens (including phenoxy) is 2. The number of halogens is 2. The number of imide groups is 1. The molecule has 2 aromatic carbocycles. The molecule has 0 aromatic heterocycles. The van der Waals surface area contributed by atoms with Crippen molar-refractivity contribution in [3.63, 3.8) is 0 Å². The second-order valence-corrected chi connectivity index (χ2v) is 7.00. The normalized spacial score (nSPS) is 17.3. The van der Waals surface area contributed by atoms with E-state index < -0.39 is 17.6 Å². The van der Waals surface area contributed by atoms with Gasteiger partial charge in [-0.15, -0.1) is 0 Å². The highest BCUT2D eigenvalue weighted by Gasteiger charge is 2.42. The molecule has 0 bridgehead atoms. The largest absolute Gasteiger partial charge is 0.495 e. The number of nitrogens with zero attached hydrogens (tertiary/aromatic N) is 2. The fourth-order valence-electron chi connectivity index (χ4n) is 3.50. The Morgan fingerprint density at radius 1 is 1.03 bits per heavy atom. The van der Waals surface area contributed by atoms with Crippen LogP contribution in [0.4, 0.5) is 10.1 Å². The maximum Gasteiger partial charge on any atom is 0.282 e. The molecule has 0 saturated carbocycles. The highest BCUT2D eigenvalue weighted by Crippen LogP contribution is 2.37. The van der Waals surface area contributed by atoms with Crippen molar-refractivity contribution in [3.8, 4) is 5.75 Å². The van der Waals surface area contributed by atoms with Crippen LogP contribution in [0, 0.1) is 5.82 Å². The summed E-state index contributed by atoms with van der Waals surface area (Å²) in [5.74, 6) is -0.908. The predicted octanol–water partition coefficient (Wildman–Crippen LogP) is 3.10. The van der Waals surface area contributed by atoms with Crippen LogP contribution < -0.4 is 9.64 Å². The van der Waals surface area contributed by atoms with E-state index in [2.05, 4.69) is 0 Å². The van der Waals surface area contributed by atoms with Crippen LogP contribution in [0.1, 0.15) is 5.56 Å². The first-order valence-corrected chi connectivity index (χ1v) is 9.44. The molecule has 0 spiro atoms. The van der Waals surface area contributed by atoms with Gasteiger partial charge in [0, 0.05) is 13.1 Å². The molecule has 0 unspecified atom stereocenters. The van der Waals surface area contributed by atoms with Crippen molar-refractivity contribution in [1.82, 2.24) is 4.90 Å². The average Bonchev–Trinajstić information content (AvgIpc) is 2.99. The van der Waals surface area contributed by atoms with Gasteiger partial charge >= 0.3 is 0 Å². The van der Waals surface area contributed by atoms with E-state index >= 15 is 0 Å². The molecule has 0 aliphatic carbocycles. The molecule has 8 heteroatoms. The molecule has 150 valence electrons. The predicted molar refractivity (Wildman–Crippen MR) is 106 cm³/mol. The number of benzene rings is 2. The second kappa shape index (κ2) is 7.85. The summed E-state index contributed by atoms with van der Waals surface area (Å²) in [6, 6.07) is 10.3. The first-order valence-electron chi connectivity index (χ1n) is 9.06. The molecule has 0 N–H and O–H groups in total. The Morgan fingerprint density at radius 2 is 1.72 bits per heavy atom. The standard InChI is InChI=1S/C21H18ClFN2O4/c1-28-17-7-6-15(12-16(17)22)25-20(26)18(13-2-4-14(23)5-3-13)19(21(25)27)24-8-10-29-11-9-24/h2-7,12H,8-11H2,1H3. The van der Waals surface area contributed by atoms with Gasteiger partial charge < -0.3 is 14.4 Å². The number of rotatable bonds is 4. The van der Waals surface area contributed by atoms with Crippen LogP contribution in [-0.4, -0.2) is 50.1 Å². The van der Waals surface area contributed by atoms with E-state index in [1.807, 2.05) is 4.90 Å². The van der Waals surface area contributed by atoms with E-state index in [1.165, 1.54) is 37.4 Å². The highest BCUT2D eigenvalue weighted by molar-refractivity contribution is 6.45. The van der Waals surface area contributed by atoms with Crippen LogP contribution in [0.3, 0.4) is 0 Å². The molecule has 1 saturated heterocycles. The molecule has 2 amide bonds. The second-order valence-electron chi connectivity index (χ2n) is 6.59. The van der Waals surface area contributed by atoms with E-state index in [-0.39, 0.29) is 16.3 Å². The molecule has 6 nitrogen and oxygen atoms in total. The van der Waals surface area contributed by atoms with E-state index in [9.17, 15) is 14.0 Å². The summed E-state index contributed by atoms with van der Waals surface area (Å²) in [5.41, 5.74) is 1.35. The summed E-state index contributed by atoms with van der Waals surface area (Å²) in [6.07, 6.45) is 0. The number of carbonyl (C=O) groups excluding carboxylic acids is 2. The van der Waals surface area contributed by atoms with Gasteiger partial charge in [0.15, 0.2) is 0 Å². The average molecular weight is 417 g/mol. The maximum absolute atomic E-state index is 13.4. The molecule has 0 radical (unpaired) electrons. The van der Waals surface area contributed by atoms with Gasteiger partial charge in [0.25, 0.3) is 11.8 Å². The van der Waals surface area contributed by atoms with Crippen LogP contribution in [0.5, 0.6) is 5.75 Å². The molecule has 4 rings (SSSR count). The van der Waals surface area contributed by atoms with Crippen molar-refractivity contribution in [3.05, 3.63) is 64.6 Å². The fraction of sp³-hybridized carbons (Fsp3) is 0.238. The molecule has 29 heavy (non-hydrogen) atoms. The Bertz CT molecular complexity index is 1000. The van der Waals surface area contributed by atoms with Crippen LogP contribution in [0.25, 0.3) is 5.57 Å². The lowest BCUT2D eigenvalue weighted by Crippen LogP contribution is -2.40. The van der Waals surface area contributed by atoms with Gasteiger partial charge in [-0.3, -0.25) is 9.59 Å². The molecule has 2 aliphatic rings. The zero-order valence-corrected chi connectivity index (χ0v) is 16.4.